The van der Waals surface area contributed by atoms with E-state index >= 15 is 0 Å². The summed E-state index contributed by atoms with van der Waals surface area (Å²) in [6, 6.07) is 16.6. The first kappa shape index (κ1) is 18.1. The first-order chi connectivity index (χ1) is 12.0. The Labute approximate surface area is 164 Å². The lowest BCUT2D eigenvalue weighted by Gasteiger charge is -2.07. The summed E-state index contributed by atoms with van der Waals surface area (Å²) in [5.41, 5.74) is 1.54. The summed E-state index contributed by atoms with van der Waals surface area (Å²) in [5, 5.41) is 3.72. The normalized spacial score (nSPS) is 10.7. The maximum absolute atomic E-state index is 12.1. The van der Waals surface area contributed by atoms with E-state index < -0.39 is 0 Å². The van der Waals surface area contributed by atoms with Gasteiger partial charge in [0.2, 0.25) is 5.91 Å². The van der Waals surface area contributed by atoms with Gasteiger partial charge in [0.1, 0.15) is 11.5 Å². The lowest BCUT2D eigenvalue weighted by atomic mass is 10.2. The molecule has 0 saturated heterocycles. The fourth-order valence-corrected chi connectivity index (χ4v) is 3.04. The maximum atomic E-state index is 12.1. The highest BCUT2D eigenvalue weighted by Crippen LogP contribution is 2.26. The highest BCUT2D eigenvalue weighted by atomic mass is 79.9. The fourth-order valence-electron chi connectivity index (χ4n) is 2.32. The summed E-state index contributed by atoms with van der Waals surface area (Å²) in [6.07, 6.45) is 0.805. The molecule has 0 aliphatic carbocycles. The van der Waals surface area contributed by atoms with E-state index in [0.717, 1.165) is 21.6 Å². The minimum atomic E-state index is -0.134. The van der Waals surface area contributed by atoms with Crippen LogP contribution < -0.4 is 5.32 Å². The van der Waals surface area contributed by atoms with Crippen molar-refractivity contribution in [3.63, 3.8) is 0 Å². The quantitative estimate of drug-likeness (QED) is 0.488. The zero-order valence-electron chi connectivity index (χ0n) is 13.1. The van der Waals surface area contributed by atoms with Crippen molar-refractivity contribution in [2.45, 2.75) is 12.8 Å². The Bertz CT molecular complexity index is 891. The zero-order valence-corrected chi connectivity index (χ0v) is 16.2. The van der Waals surface area contributed by atoms with Crippen LogP contribution in [0.25, 0.3) is 11.3 Å². The number of rotatable bonds is 5. The Balaban J connectivity index is 1.58. The van der Waals surface area contributed by atoms with E-state index in [1.165, 1.54) is 0 Å². The minimum absolute atomic E-state index is 0.134. The molecule has 1 amide bonds. The van der Waals surface area contributed by atoms with E-state index in [1.54, 1.807) is 18.2 Å². The van der Waals surface area contributed by atoms with Gasteiger partial charge in [-0.15, -0.1) is 0 Å². The molecule has 0 aliphatic heterocycles. The molecule has 0 radical (unpaired) electrons. The Morgan fingerprint density at radius 2 is 1.80 bits per heavy atom. The Hall–Kier alpha value is -1.75. The van der Waals surface area contributed by atoms with Crippen LogP contribution in [-0.2, 0) is 11.2 Å². The number of anilines is 1. The van der Waals surface area contributed by atoms with Gasteiger partial charge in [-0.1, -0.05) is 51.3 Å². The number of amides is 1. The molecule has 0 atom stereocenters. The third-order valence-electron chi connectivity index (χ3n) is 3.59. The molecule has 1 aromatic heterocycles. The van der Waals surface area contributed by atoms with Gasteiger partial charge in [-0.25, -0.2) is 0 Å². The largest absolute Gasteiger partial charge is 0.461 e. The van der Waals surface area contributed by atoms with Gasteiger partial charge in [-0.3, -0.25) is 4.79 Å². The Kier molecular flexibility index (Phi) is 5.84. The molecule has 128 valence electrons. The summed E-state index contributed by atoms with van der Waals surface area (Å²) in [4.78, 5) is 12.1. The van der Waals surface area contributed by atoms with E-state index in [9.17, 15) is 4.79 Å². The zero-order chi connectivity index (χ0) is 17.8. The smallest absolute Gasteiger partial charge is 0.224 e. The molecular formula is C19H14BrCl2NO2. The molecule has 0 aliphatic rings. The highest BCUT2D eigenvalue weighted by molar-refractivity contribution is 9.10. The Morgan fingerprint density at radius 3 is 2.52 bits per heavy atom. The third kappa shape index (κ3) is 4.88. The van der Waals surface area contributed by atoms with Crippen LogP contribution in [0.4, 0.5) is 5.69 Å². The average Bonchev–Trinajstić information content (AvgIpc) is 3.05. The lowest BCUT2D eigenvalue weighted by Crippen LogP contribution is -2.12. The first-order valence-corrected chi connectivity index (χ1v) is 9.16. The standard InChI is InChI=1S/C19H14BrCl2NO2/c20-13-3-1-12(2-4-13)18-9-6-15(25-18)7-10-19(24)23-17-8-5-14(21)11-16(17)22/h1-6,8-9,11H,7,10H2,(H,23,24). The van der Waals surface area contributed by atoms with E-state index in [-0.39, 0.29) is 5.91 Å². The molecule has 0 spiro atoms. The predicted molar refractivity (Wildman–Crippen MR) is 105 cm³/mol. The topological polar surface area (TPSA) is 42.2 Å². The van der Waals surface area contributed by atoms with Crippen molar-refractivity contribution in [2.75, 3.05) is 5.32 Å². The van der Waals surface area contributed by atoms with Crippen LogP contribution in [0.5, 0.6) is 0 Å². The molecule has 25 heavy (non-hydrogen) atoms. The van der Waals surface area contributed by atoms with Crippen molar-refractivity contribution in [1.29, 1.82) is 0 Å². The van der Waals surface area contributed by atoms with Crippen molar-refractivity contribution in [3.05, 3.63) is 74.9 Å². The Morgan fingerprint density at radius 1 is 1.04 bits per heavy atom. The number of carbonyl (C=O) groups excluding carboxylic acids is 1. The molecule has 1 heterocycles. The second-order valence-corrected chi connectivity index (χ2v) is 7.20. The van der Waals surface area contributed by atoms with Crippen LogP contribution in [0.1, 0.15) is 12.2 Å². The lowest BCUT2D eigenvalue weighted by molar-refractivity contribution is -0.116. The maximum Gasteiger partial charge on any atom is 0.224 e. The number of furan rings is 1. The highest BCUT2D eigenvalue weighted by Gasteiger charge is 2.09. The molecule has 0 saturated carbocycles. The van der Waals surface area contributed by atoms with Gasteiger partial charge in [-0.2, -0.15) is 0 Å². The van der Waals surface area contributed by atoms with Gasteiger partial charge in [0, 0.05) is 27.9 Å². The third-order valence-corrected chi connectivity index (χ3v) is 4.67. The molecule has 6 heteroatoms. The van der Waals surface area contributed by atoms with Crippen molar-refractivity contribution in [2.24, 2.45) is 0 Å². The van der Waals surface area contributed by atoms with Crippen LogP contribution in [0, 0.1) is 0 Å². The fraction of sp³-hybridized carbons (Fsp3) is 0.105. The number of benzene rings is 2. The van der Waals surface area contributed by atoms with E-state index in [1.807, 2.05) is 36.4 Å². The number of nitrogens with one attached hydrogen (secondary N) is 1. The second-order valence-electron chi connectivity index (χ2n) is 5.45. The van der Waals surface area contributed by atoms with E-state index in [0.29, 0.717) is 28.6 Å². The molecular weight excluding hydrogens is 425 g/mol. The molecule has 3 nitrogen and oxygen atoms in total. The van der Waals surface area contributed by atoms with Crippen LogP contribution >= 0.6 is 39.1 Å². The van der Waals surface area contributed by atoms with Crippen molar-refractivity contribution in [3.8, 4) is 11.3 Å². The van der Waals surface area contributed by atoms with Crippen LogP contribution in [0.15, 0.2) is 63.5 Å². The van der Waals surface area contributed by atoms with Crippen LogP contribution in [0.2, 0.25) is 10.0 Å². The summed E-state index contributed by atoms with van der Waals surface area (Å²) >= 11 is 15.3. The van der Waals surface area contributed by atoms with Crippen molar-refractivity contribution < 1.29 is 9.21 Å². The van der Waals surface area contributed by atoms with Crippen molar-refractivity contribution in [1.82, 2.24) is 0 Å². The van der Waals surface area contributed by atoms with Gasteiger partial charge in [0.25, 0.3) is 0 Å². The van der Waals surface area contributed by atoms with Crippen LogP contribution in [-0.4, -0.2) is 5.91 Å². The van der Waals surface area contributed by atoms with Gasteiger partial charge in [0.05, 0.1) is 10.7 Å². The first-order valence-electron chi connectivity index (χ1n) is 7.61. The SMILES string of the molecule is O=C(CCc1ccc(-c2ccc(Br)cc2)o1)Nc1ccc(Cl)cc1Cl. The predicted octanol–water partition coefficient (Wildman–Crippen LogP) is 6.59. The molecule has 3 aromatic rings. The van der Waals surface area contributed by atoms with Gasteiger partial charge in [0.15, 0.2) is 0 Å². The number of halogens is 3. The molecule has 0 bridgehead atoms. The molecule has 3 rings (SSSR count). The average molecular weight is 439 g/mol. The number of hydrogen-bond donors (Lipinski definition) is 1. The minimum Gasteiger partial charge on any atom is -0.461 e. The summed E-state index contributed by atoms with van der Waals surface area (Å²) in [7, 11) is 0. The van der Waals surface area contributed by atoms with Gasteiger partial charge in [-0.05, 0) is 42.5 Å². The molecule has 1 N–H and O–H groups in total. The number of carbonyl (C=O) groups is 1. The van der Waals surface area contributed by atoms with Gasteiger partial charge < -0.3 is 9.73 Å². The van der Waals surface area contributed by atoms with Crippen molar-refractivity contribution >= 4 is 50.7 Å². The van der Waals surface area contributed by atoms with E-state index in [2.05, 4.69) is 21.2 Å². The van der Waals surface area contributed by atoms with Gasteiger partial charge >= 0.3 is 0 Å². The summed E-state index contributed by atoms with van der Waals surface area (Å²) in [5.74, 6) is 1.41. The molecule has 0 unspecified atom stereocenters. The summed E-state index contributed by atoms with van der Waals surface area (Å²) in [6.45, 7) is 0. The van der Waals surface area contributed by atoms with Crippen LogP contribution in [0.3, 0.4) is 0 Å². The second kappa shape index (κ2) is 8.09. The summed E-state index contributed by atoms with van der Waals surface area (Å²) < 4.78 is 6.83. The monoisotopic (exact) mass is 437 g/mol. The number of hydrogen-bond acceptors (Lipinski definition) is 2. The van der Waals surface area contributed by atoms with E-state index in [4.69, 9.17) is 27.6 Å². The molecule has 0 fully saturated rings. The molecule has 2 aromatic carbocycles. The number of aryl methyl sites for hydroxylation is 1.